The summed E-state index contributed by atoms with van der Waals surface area (Å²) in [5, 5.41) is 10.5. The second-order valence-corrected chi connectivity index (χ2v) is 3.47. The summed E-state index contributed by atoms with van der Waals surface area (Å²) in [5.74, 6) is 0. The molecule has 0 saturated heterocycles. The number of nitro groups is 1. The van der Waals surface area contributed by atoms with Crippen LogP contribution in [0.3, 0.4) is 0 Å². The molecule has 0 aliphatic rings. The van der Waals surface area contributed by atoms with Crippen LogP contribution in [-0.2, 0) is 6.42 Å². The van der Waals surface area contributed by atoms with Crippen LogP contribution in [0, 0.1) is 17.0 Å². The molecule has 0 heterocycles. The van der Waals surface area contributed by atoms with Crippen LogP contribution >= 0.6 is 0 Å². The predicted octanol–water partition coefficient (Wildman–Crippen LogP) is 3.25. The third-order valence-electron chi connectivity index (χ3n) is 2.34. The number of hydrogen-bond donors (Lipinski definition) is 0. The van der Waals surface area contributed by atoms with Crippen molar-refractivity contribution >= 4 is 5.69 Å². The van der Waals surface area contributed by atoms with E-state index in [9.17, 15) is 10.1 Å². The van der Waals surface area contributed by atoms with Crippen molar-refractivity contribution in [3.05, 3.63) is 39.4 Å². The summed E-state index contributed by atoms with van der Waals surface area (Å²) in [4.78, 5) is 10.2. The van der Waals surface area contributed by atoms with Gasteiger partial charge < -0.3 is 0 Å². The first-order valence-electron chi connectivity index (χ1n) is 4.89. The van der Waals surface area contributed by atoms with Crippen molar-refractivity contribution in [2.45, 2.75) is 33.1 Å². The minimum Gasteiger partial charge on any atom is -0.258 e. The van der Waals surface area contributed by atoms with Gasteiger partial charge in [-0.2, -0.15) is 0 Å². The van der Waals surface area contributed by atoms with E-state index in [0.717, 1.165) is 30.4 Å². The quantitative estimate of drug-likeness (QED) is 0.544. The Hall–Kier alpha value is -1.38. The minimum absolute atomic E-state index is 0.196. The van der Waals surface area contributed by atoms with Gasteiger partial charge in [0, 0.05) is 12.1 Å². The third-order valence-corrected chi connectivity index (χ3v) is 2.34. The highest BCUT2D eigenvalue weighted by molar-refractivity contribution is 5.39. The van der Waals surface area contributed by atoms with E-state index in [4.69, 9.17) is 0 Å². The summed E-state index contributed by atoms with van der Waals surface area (Å²) in [6.07, 6.45) is 3.13. The summed E-state index contributed by atoms with van der Waals surface area (Å²) in [5.41, 5.74) is 2.44. The van der Waals surface area contributed by atoms with Crippen molar-refractivity contribution < 1.29 is 4.92 Å². The molecule has 3 nitrogen and oxygen atoms in total. The van der Waals surface area contributed by atoms with Crippen LogP contribution in [0.5, 0.6) is 0 Å². The summed E-state index contributed by atoms with van der Waals surface area (Å²) in [7, 11) is 0. The zero-order chi connectivity index (χ0) is 10.6. The molecule has 14 heavy (non-hydrogen) atoms. The van der Waals surface area contributed by atoms with Crippen molar-refractivity contribution in [3.63, 3.8) is 0 Å². The predicted molar refractivity (Wildman–Crippen MR) is 56.4 cm³/mol. The maximum absolute atomic E-state index is 10.5. The van der Waals surface area contributed by atoms with E-state index >= 15 is 0 Å². The smallest absolute Gasteiger partial charge is 0.258 e. The largest absolute Gasteiger partial charge is 0.269 e. The fourth-order valence-electron chi connectivity index (χ4n) is 1.41. The summed E-state index contributed by atoms with van der Waals surface area (Å²) < 4.78 is 0. The summed E-state index contributed by atoms with van der Waals surface area (Å²) in [6, 6.07) is 5.07. The number of unbranched alkanes of at least 4 members (excludes halogenated alkanes) is 1. The number of non-ortho nitro benzene ring substituents is 1. The molecule has 1 aromatic rings. The van der Waals surface area contributed by atoms with Gasteiger partial charge in [-0.3, -0.25) is 10.1 Å². The lowest BCUT2D eigenvalue weighted by atomic mass is 10.0. The van der Waals surface area contributed by atoms with Gasteiger partial charge in [0.1, 0.15) is 0 Å². The Balaban J connectivity index is 2.90. The number of aryl methyl sites for hydroxylation is 2. The molecule has 0 atom stereocenters. The molecule has 0 spiro atoms. The van der Waals surface area contributed by atoms with Crippen LogP contribution in [0.25, 0.3) is 0 Å². The molecule has 0 unspecified atom stereocenters. The third kappa shape index (κ3) is 2.55. The molecule has 0 fully saturated rings. The van der Waals surface area contributed by atoms with Gasteiger partial charge in [-0.15, -0.1) is 0 Å². The van der Waals surface area contributed by atoms with Crippen molar-refractivity contribution in [1.82, 2.24) is 0 Å². The molecule has 0 bridgehead atoms. The number of hydrogen-bond acceptors (Lipinski definition) is 2. The molecule has 0 amide bonds. The fourth-order valence-corrected chi connectivity index (χ4v) is 1.41. The van der Waals surface area contributed by atoms with Gasteiger partial charge in [0.25, 0.3) is 5.69 Å². The van der Waals surface area contributed by atoms with Gasteiger partial charge in [-0.05, 0) is 30.9 Å². The highest BCUT2D eigenvalue weighted by Crippen LogP contribution is 2.18. The van der Waals surface area contributed by atoms with Crippen LogP contribution in [-0.4, -0.2) is 4.92 Å². The average molecular weight is 193 g/mol. The number of nitro benzene ring substituents is 1. The summed E-state index contributed by atoms with van der Waals surface area (Å²) in [6.45, 7) is 4.11. The van der Waals surface area contributed by atoms with Crippen LogP contribution in [0.4, 0.5) is 5.69 Å². The molecule has 0 aliphatic heterocycles. The first-order valence-corrected chi connectivity index (χ1v) is 4.89. The van der Waals surface area contributed by atoms with Crippen LogP contribution in [0.1, 0.15) is 30.9 Å². The molecule has 0 saturated carbocycles. The Kier molecular flexibility index (Phi) is 3.63. The molecule has 3 heteroatoms. The topological polar surface area (TPSA) is 43.1 Å². The van der Waals surface area contributed by atoms with Crippen LogP contribution < -0.4 is 0 Å². The van der Waals surface area contributed by atoms with E-state index in [1.807, 2.05) is 13.0 Å². The van der Waals surface area contributed by atoms with Gasteiger partial charge in [0.2, 0.25) is 0 Å². The molecule has 0 aromatic heterocycles. The van der Waals surface area contributed by atoms with Crippen molar-refractivity contribution in [2.75, 3.05) is 0 Å². The lowest BCUT2D eigenvalue weighted by Gasteiger charge is -2.03. The zero-order valence-electron chi connectivity index (χ0n) is 8.62. The highest BCUT2D eigenvalue weighted by atomic mass is 16.6. The molecular weight excluding hydrogens is 178 g/mol. The van der Waals surface area contributed by atoms with E-state index in [2.05, 4.69) is 6.92 Å². The highest BCUT2D eigenvalue weighted by Gasteiger charge is 2.07. The second-order valence-electron chi connectivity index (χ2n) is 3.47. The first-order chi connectivity index (χ1) is 6.65. The fraction of sp³-hybridized carbons (Fsp3) is 0.455. The molecule has 0 N–H and O–H groups in total. The number of rotatable bonds is 4. The lowest BCUT2D eigenvalue weighted by molar-refractivity contribution is -0.384. The lowest BCUT2D eigenvalue weighted by Crippen LogP contribution is -1.93. The van der Waals surface area contributed by atoms with Crippen molar-refractivity contribution in [3.8, 4) is 0 Å². The second kappa shape index (κ2) is 4.74. The van der Waals surface area contributed by atoms with Crippen LogP contribution in [0.2, 0.25) is 0 Å². The SMILES string of the molecule is CCCCc1cc([N+](=O)[O-])ccc1C. The maximum atomic E-state index is 10.5. The van der Waals surface area contributed by atoms with E-state index < -0.39 is 0 Å². The minimum atomic E-state index is -0.338. The van der Waals surface area contributed by atoms with Gasteiger partial charge in [-0.25, -0.2) is 0 Å². The average Bonchev–Trinajstić information content (AvgIpc) is 2.16. The molecule has 76 valence electrons. The molecule has 1 aromatic carbocycles. The number of nitrogens with zero attached hydrogens (tertiary/aromatic N) is 1. The Labute approximate surface area is 83.9 Å². The van der Waals surface area contributed by atoms with E-state index in [0.29, 0.717) is 0 Å². The zero-order valence-corrected chi connectivity index (χ0v) is 8.62. The van der Waals surface area contributed by atoms with Gasteiger partial charge in [0.15, 0.2) is 0 Å². The van der Waals surface area contributed by atoms with E-state index in [-0.39, 0.29) is 10.6 Å². The van der Waals surface area contributed by atoms with Crippen molar-refractivity contribution in [1.29, 1.82) is 0 Å². The molecular formula is C11H15NO2. The normalized spacial score (nSPS) is 10.1. The monoisotopic (exact) mass is 193 g/mol. The Bertz CT molecular complexity index is 334. The Morgan fingerprint density at radius 2 is 2.14 bits per heavy atom. The van der Waals surface area contributed by atoms with E-state index in [1.165, 1.54) is 0 Å². The molecule has 1 rings (SSSR count). The Morgan fingerprint density at radius 3 is 2.71 bits per heavy atom. The molecule has 0 radical (unpaired) electrons. The standard InChI is InChI=1S/C11H15NO2/c1-3-4-5-10-8-11(12(13)14)7-6-9(10)2/h6-8H,3-5H2,1-2H3. The first kappa shape index (κ1) is 10.7. The number of benzene rings is 1. The van der Waals surface area contributed by atoms with Gasteiger partial charge in [-0.1, -0.05) is 19.4 Å². The van der Waals surface area contributed by atoms with Crippen molar-refractivity contribution in [2.24, 2.45) is 0 Å². The van der Waals surface area contributed by atoms with Gasteiger partial charge >= 0.3 is 0 Å². The Morgan fingerprint density at radius 1 is 1.43 bits per heavy atom. The van der Waals surface area contributed by atoms with Gasteiger partial charge in [0.05, 0.1) is 4.92 Å². The maximum Gasteiger partial charge on any atom is 0.269 e. The summed E-state index contributed by atoms with van der Waals surface area (Å²) >= 11 is 0. The molecule has 0 aliphatic carbocycles. The van der Waals surface area contributed by atoms with Crippen LogP contribution in [0.15, 0.2) is 18.2 Å². The van der Waals surface area contributed by atoms with E-state index in [1.54, 1.807) is 12.1 Å².